The second kappa shape index (κ2) is 3.72. The van der Waals surface area contributed by atoms with Gasteiger partial charge < -0.3 is 0 Å². The number of rotatable bonds is 3. The van der Waals surface area contributed by atoms with Crippen molar-refractivity contribution in [2.75, 3.05) is 0 Å². The highest BCUT2D eigenvalue weighted by molar-refractivity contribution is 5.56. The Balaban J connectivity index is 3.02. The second-order valence-corrected chi connectivity index (χ2v) is 2.43. The van der Waals surface area contributed by atoms with Crippen molar-refractivity contribution in [1.82, 2.24) is 9.78 Å². The van der Waals surface area contributed by atoms with E-state index in [-0.39, 0.29) is 0 Å². The summed E-state index contributed by atoms with van der Waals surface area (Å²) in [5, 5.41) is 4.23. The molecule has 0 radical (unpaired) electrons. The lowest BCUT2D eigenvalue weighted by Crippen LogP contribution is -1.94. The first kappa shape index (κ1) is 8.53. The van der Waals surface area contributed by atoms with E-state index >= 15 is 0 Å². The molecule has 12 heavy (non-hydrogen) atoms. The van der Waals surface area contributed by atoms with Gasteiger partial charge in [-0.15, -0.1) is 0 Å². The van der Waals surface area contributed by atoms with E-state index in [1.807, 2.05) is 25.3 Å². The van der Waals surface area contributed by atoms with Crippen molar-refractivity contribution in [1.29, 1.82) is 0 Å². The summed E-state index contributed by atoms with van der Waals surface area (Å²) in [6.07, 6.45) is 7.22. The standard InChI is InChI=1S/C10H12N2/c1-4-6-10(5-2)12-8-7-9(3)11-12/h4-8H,1-2H2,3H3/b10-6+. The molecule has 1 aromatic rings. The van der Waals surface area contributed by atoms with Gasteiger partial charge in [0.25, 0.3) is 0 Å². The molecule has 1 aromatic heterocycles. The van der Waals surface area contributed by atoms with Crippen molar-refractivity contribution in [3.63, 3.8) is 0 Å². The molecule has 0 bridgehead atoms. The van der Waals surface area contributed by atoms with Crippen LogP contribution in [0.15, 0.2) is 43.6 Å². The minimum Gasteiger partial charge on any atom is -0.241 e. The van der Waals surface area contributed by atoms with Gasteiger partial charge >= 0.3 is 0 Å². The predicted octanol–water partition coefficient (Wildman–Crippen LogP) is 2.40. The monoisotopic (exact) mass is 160 g/mol. The van der Waals surface area contributed by atoms with Gasteiger partial charge in [-0.05, 0) is 25.1 Å². The highest BCUT2D eigenvalue weighted by Crippen LogP contribution is 2.05. The third kappa shape index (κ3) is 1.72. The van der Waals surface area contributed by atoms with E-state index in [2.05, 4.69) is 18.3 Å². The van der Waals surface area contributed by atoms with Crippen LogP contribution < -0.4 is 0 Å². The lowest BCUT2D eigenvalue weighted by molar-refractivity contribution is 0.890. The van der Waals surface area contributed by atoms with E-state index in [9.17, 15) is 0 Å². The molecule has 0 saturated heterocycles. The van der Waals surface area contributed by atoms with Crippen LogP contribution in [0, 0.1) is 6.92 Å². The minimum atomic E-state index is 0.929. The molecule has 62 valence electrons. The fourth-order valence-electron chi connectivity index (χ4n) is 0.918. The molecule has 0 aliphatic carbocycles. The van der Waals surface area contributed by atoms with Crippen molar-refractivity contribution < 1.29 is 0 Å². The lowest BCUT2D eigenvalue weighted by Gasteiger charge is -1.98. The highest BCUT2D eigenvalue weighted by Gasteiger charge is 1.95. The molecule has 2 nitrogen and oxygen atoms in total. The van der Waals surface area contributed by atoms with Crippen LogP contribution in [0.25, 0.3) is 5.70 Å². The number of allylic oxidation sites excluding steroid dienone is 4. The Morgan fingerprint density at radius 2 is 2.33 bits per heavy atom. The van der Waals surface area contributed by atoms with Crippen LogP contribution in [-0.4, -0.2) is 9.78 Å². The van der Waals surface area contributed by atoms with Crippen molar-refractivity contribution >= 4 is 5.70 Å². The SMILES string of the molecule is C=C/C=C(\C=C)n1ccc(C)n1. The summed E-state index contributed by atoms with van der Waals surface area (Å²) in [6.45, 7) is 9.25. The first-order valence-corrected chi connectivity index (χ1v) is 3.75. The maximum Gasteiger partial charge on any atom is 0.0639 e. The summed E-state index contributed by atoms with van der Waals surface area (Å²) in [7, 11) is 0. The molecule has 1 rings (SSSR count). The Morgan fingerprint density at radius 1 is 1.58 bits per heavy atom. The van der Waals surface area contributed by atoms with Crippen LogP contribution in [0.3, 0.4) is 0 Å². The summed E-state index contributed by atoms with van der Waals surface area (Å²) in [5.41, 5.74) is 1.92. The van der Waals surface area contributed by atoms with Crippen molar-refractivity contribution in [2.45, 2.75) is 6.92 Å². The van der Waals surface area contributed by atoms with Gasteiger partial charge in [-0.3, -0.25) is 0 Å². The van der Waals surface area contributed by atoms with Gasteiger partial charge in [-0.1, -0.05) is 19.2 Å². The molecule has 0 spiro atoms. The quantitative estimate of drug-likeness (QED) is 0.621. The Hall–Kier alpha value is -1.57. The van der Waals surface area contributed by atoms with Crippen molar-refractivity contribution in [3.05, 3.63) is 49.3 Å². The van der Waals surface area contributed by atoms with Crippen molar-refractivity contribution in [2.24, 2.45) is 0 Å². The maximum atomic E-state index is 4.23. The number of hydrogen-bond donors (Lipinski definition) is 0. The lowest BCUT2D eigenvalue weighted by atomic mass is 10.4. The molecule has 0 aliphatic heterocycles. The first-order chi connectivity index (χ1) is 5.77. The molecule has 2 heteroatoms. The third-order valence-electron chi connectivity index (χ3n) is 1.48. The predicted molar refractivity (Wildman–Crippen MR) is 51.6 cm³/mol. The van der Waals surface area contributed by atoms with E-state index in [1.54, 1.807) is 16.8 Å². The molecular formula is C10H12N2. The second-order valence-electron chi connectivity index (χ2n) is 2.43. The molecule has 0 N–H and O–H groups in total. The fourth-order valence-corrected chi connectivity index (χ4v) is 0.918. The average Bonchev–Trinajstić information content (AvgIpc) is 2.47. The molecule has 1 heterocycles. The van der Waals surface area contributed by atoms with Gasteiger partial charge in [0.05, 0.1) is 11.4 Å². The van der Waals surface area contributed by atoms with E-state index in [0.29, 0.717) is 0 Å². The molecule has 0 fully saturated rings. The zero-order valence-corrected chi connectivity index (χ0v) is 7.20. The number of aryl methyl sites for hydroxylation is 1. The summed E-state index contributed by atoms with van der Waals surface area (Å²) in [4.78, 5) is 0. The molecular weight excluding hydrogens is 148 g/mol. The molecule has 0 atom stereocenters. The first-order valence-electron chi connectivity index (χ1n) is 3.75. The number of hydrogen-bond acceptors (Lipinski definition) is 1. The fraction of sp³-hybridized carbons (Fsp3) is 0.100. The van der Waals surface area contributed by atoms with Gasteiger partial charge in [0.1, 0.15) is 0 Å². The topological polar surface area (TPSA) is 17.8 Å². The van der Waals surface area contributed by atoms with Gasteiger partial charge in [0, 0.05) is 6.20 Å². The van der Waals surface area contributed by atoms with Crippen LogP contribution in [0.4, 0.5) is 0 Å². The average molecular weight is 160 g/mol. The molecule has 0 aromatic carbocycles. The van der Waals surface area contributed by atoms with Gasteiger partial charge in [-0.2, -0.15) is 5.10 Å². The Morgan fingerprint density at radius 3 is 2.75 bits per heavy atom. The van der Waals surface area contributed by atoms with Crippen LogP contribution >= 0.6 is 0 Å². The summed E-state index contributed by atoms with van der Waals surface area (Å²) in [6, 6.07) is 1.94. The highest BCUT2D eigenvalue weighted by atomic mass is 15.3. The Labute approximate surface area is 72.5 Å². The molecule has 0 aliphatic rings. The van der Waals surface area contributed by atoms with Gasteiger partial charge in [-0.25, -0.2) is 4.68 Å². The third-order valence-corrected chi connectivity index (χ3v) is 1.48. The van der Waals surface area contributed by atoms with Crippen LogP contribution in [0.5, 0.6) is 0 Å². The maximum absolute atomic E-state index is 4.23. The minimum absolute atomic E-state index is 0.929. The van der Waals surface area contributed by atoms with Crippen molar-refractivity contribution in [3.8, 4) is 0 Å². The Bertz CT molecular complexity index is 318. The van der Waals surface area contributed by atoms with E-state index in [0.717, 1.165) is 11.4 Å². The number of nitrogens with zero attached hydrogens (tertiary/aromatic N) is 2. The van der Waals surface area contributed by atoms with E-state index in [1.165, 1.54) is 0 Å². The molecule has 0 unspecified atom stereocenters. The zero-order valence-electron chi connectivity index (χ0n) is 7.20. The van der Waals surface area contributed by atoms with Gasteiger partial charge in [0.2, 0.25) is 0 Å². The summed E-state index contributed by atoms with van der Waals surface area (Å²) >= 11 is 0. The molecule has 0 saturated carbocycles. The van der Waals surface area contributed by atoms with E-state index < -0.39 is 0 Å². The largest absolute Gasteiger partial charge is 0.241 e. The summed E-state index contributed by atoms with van der Waals surface area (Å²) in [5.74, 6) is 0. The number of aromatic nitrogens is 2. The zero-order chi connectivity index (χ0) is 8.97. The molecule has 0 amide bonds. The Kier molecular flexibility index (Phi) is 2.64. The smallest absolute Gasteiger partial charge is 0.0639 e. The van der Waals surface area contributed by atoms with Crippen LogP contribution in [0.2, 0.25) is 0 Å². The summed E-state index contributed by atoms with van der Waals surface area (Å²) < 4.78 is 1.77. The van der Waals surface area contributed by atoms with Crippen LogP contribution in [0.1, 0.15) is 5.69 Å². The van der Waals surface area contributed by atoms with Gasteiger partial charge in [0.15, 0.2) is 0 Å². The van der Waals surface area contributed by atoms with Crippen LogP contribution in [-0.2, 0) is 0 Å². The van der Waals surface area contributed by atoms with E-state index in [4.69, 9.17) is 0 Å². The normalized spacial score (nSPS) is 11.2.